The van der Waals surface area contributed by atoms with Gasteiger partial charge in [-0.2, -0.15) is 4.98 Å². The molecule has 1 saturated heterocycles. The fourth-order valence-corrected chi connectivity index (χ4v) is 2.63. The van der Waals surface area contributed by atoms with E-state index in [-0.39, 0.29) is 18.5 Å². The summed E-state index contributed by atoms with van der Waals surface area (Å²) in [6.07, 6.45) is -0.185. The molecule has 0 aliphatic carbocycles. The van der Waals surface area contributed by atoms with Crippen molar-refractivity contribution in [3.63, 3.8) is 0 Å². The van der Waals surface area contributed by atoms with Gasteiger partial charge in [0.2, 0.25) is 5.95 Å². The number of aryl methyl sites for hydroxylation is 1. The molecule has 1 aliphatic heterocycles. The van der Waals surface area contributed by atoms with Crippen LogP contribution in [0.15, 0.2) is 6.33 Å². The van der Waals surface area contributed by atoms with E-state index in [1.807, 2.05) is 13.8 Å². The van der Waals surface area contributed by atoms with Crippen LogP contribution in [0.1, 0.15) is 18.8 Å². The van der Waals surface area contributed by atoms with Gasteiger partial charge >= 0.3 is 0 Å². The van der Waals surface area contributed by atoms with Crippen LogP contribution < -0.4 is 5.73 Å². The molecule has 0 radical (unpaired) electrons. The molecule has 3 heterocycles. The Labute approximate surface area is 115 Å². The molecule has 2 aromatic rings. The summed E-state index contributed by atoms with van der Waals surface area (Å²) in [6, 6.07) is 0. The second-order valence-corrected chi connectivity index (χ2v) is 5.09. The van der Waals surface area contributed by atoms with Crippen LogP contribution in [0.3, 0.4) is 0 Å². The lowest BCUT2D eigenvalue weighted by molar-refractivity contribution is -0.0447. The standard InChI is InChI=1S/C12H17N5O3/c1-5-9(19)7(3-18)20-11(5)17-4-14-8-6(2)15-12(13)16-10(8)17/h4-5,7,9,11,18-19H,3H2,1-2H3,(H2,13,15,16)/t5?,7-,9+,11-/m1/s1. The van der Waals surface area contributed by atoms with Crippen molar-refractivity contribution < 1.29 is 14.9 Å². The highest BCUT2D eigenvalue weighted by Gasteiger charge is 2.42. The molecule has 8 nitrogen and oxygen atoms in total. The third kappa shape index (κ3) is 1.84. The van der Waals surface area contributed by atoms with Gasteiger partial charge in [-0.3, -0.25) is 4.57 Å². The molecule has 0 bridgehead atoms. The first-order chi connectivity index (χ1) is 9.52. The zero-order chi connectivity index (χ0) is 14.4. The van der Waals surface area contributed by atoms with E-state index in [0.717, 1.165) is 0 Å². The molecule has 8 heteroatoms. The zero-order valence-corrected chi connectivity index (χ0v) is 11.3. The first-order valence-corrected chi connectivity index (χ1v) is 6.44. The summed E-state index contributed by atoms with van der Waals surface area (Å²) < 4.78 is 7.42. The number of hydrogen-bond acceptors (Lipinski definition) is 7. The highest BCUT2D eigenvalue weighted by Crippen LogP contribution is 2.35. The number of hydrogen-bond donors (Lipinski definition) is 3. The van der Waals surface area contributed by atoms with E-state index >= 15 is 0 Å². The second kappa shape index (κ2) is 4.65. The minimum Gasteiger partial charge on any atom is -0.394 e. The molecule has 1 fully saturated rings. The molecule has 4 N–H and O–H groups in total. The van der Waals surface area contributed by atoms with Crippen molar-refractivity contribution in [2.24, 2.45) is 5.92 Å². The number of aromatic nitrogens is 4. The van der Waals surface area contributed by atoms with Crippen molar-refractivity contribution in [3.05, 3.63) is 12.0 Å². The van der Waals surface area contributed by atoms with Crippen molar-refractivity contribution in [2.75, 3.05) is 12.3 Å². The summed E-state index contributed by atoms with van der Waals surface area (Å²) in [7, 11) is 0. The van der Waals surface area contributed by atoms with Gasteiger partial charge in [0.15, 0.2) is 5.65 Å². The molecule has 4 atom stereocenters. The van der Waals surface area contributed by atoms with Crippen molar-refractivity contribution in [1.29, 1.82) is 0 Å². The van der Waals surface area contributed by atoms with Crippen molar-refractivity contribution >= 4 is 17.1 Å². The van der Waals surface area contributed by atoms with Crippen LogP contribution in [0.4, 0.5) is 5.95 Å². The topological polar surface area (TPSA) is 119 Å². The van der Waals surface area contributed by atoms with E-state index in [9.17, 15) is 10.2 Å². The maximum absolute atomic E-state index is 10.0. The Balaban J connectivity index is 2.07. The van der Waals surface area contributed by atoms with Crippen LogP contribution >= 0.6 is 0 Å². The van der Waals surface area contributed by atoms with Crippen LogP contribution in [-0.2, 0) is 4.74 Å². The van der Waals surface area contributed by atoms with Gasteiger partial charge in [0, 0.05) is 5.92 Å². The number of nitrogen functional groups attached to an aromatic ring is 1. The molecule has 3 rings (SSSR count). The van der Waals surface area contributed by atoms with Crippen LogP contribution in [-0.4, -0.2) is 48.5 Å². The van der Waals surface area contributed by atoms with Crippen LogP contribution in [0, 0.1) is 12.8 Å². The molecule has 0 aromatic carbocycles. The zero-order valence-electron chi connectivity index (χ0n) is 11.3. The normalized spacial score (nSPS) is 30.2. The Morgan fingerprint density at radius 2 is 2.20 bits per heavy atom. The quantitative estimate of drug-likeness (QED) is 0.684. The molecule has 0 amide bonds. The summed E-state index contributed by atoms with van der Waals surface area (Å²) in [6.45, 7) is 3.43. The summed E-state index contributed by atoms with van der Waals surface area (Å²) >= 11 is 0. The molecule has 2 aromatic heterocycles. The maximum atomic E-state index is 10.0. The lowest BCUT2D eigenvalue weighted by Crippen LogP contribution is -2.28. The Bertz CT molecular complexity index is 643. The molecular weight excluding hydrogens is 262 g/mol. The van der Waals surface area contributed by atoms with E-state index in [4.69, 9.17) is 10.5 Å². The Morgan fingerprint density at radius 3 is 2.85 bits per heavy atom. The van der Waals surface area contributed by atoms with Gasteiger partial charge in [0.1, 0.15) is 17.8 Å². The molecule has 1 aliphatic rings. The number of anilines is 1. The van der Waals surface area contributed by atoms with Gasteiger partial charge in [-0.1, -0.05) is 6.92 Å². The number of aliphatic hydroxyl groups is 2. The highest BCUT2D eigenvalue weighted by atomic mass is 16.5. The van der Waals surface area contributed by atoms with E-state index in [0.29, 0.717) is 16.9 Å². The third-order valence-electron chi connectivity index (χ3n) is 3.75. The summed E-state index contributed by atoms with van der Waals surface area (Å²) in [5, 5.41) is 19.2. The molecule has 0 spiro atoms. The number of aliphatic hydroxyl groups excluding tert-OH is 2. The predicted molar refractivity (Wildman–Crippen MR) is 70.6 cm³/mol. The Hall–Kier alpha value is -1.77. The average molecular weight is 279 g/mol. The van der Waals surface area contributed by atoms with Gasteiger partial charge < -0.3 is 20.7 Å². The lowest BCUT2D eigenvalue weighted by Gasteiger charge is -2.17. The minimum absolute atomic E-state index is 0.168. The van der Waals surface area contributed by atoms with Gasteiger partial charge in [0.25, 0.3) is 0 Å². The maximum Gasteiger partial charge on any atom is 0.222 e. The van der Waals surface area contributed by atoms with Gasteiger partial charge in [-0.05, 0) is 6.92 Å². The average Bonchev–Trinajstić information content (AvgIpc) is 2.93. The number of fused-ring (bicyclic) bond motifs is 1. The van der Waals surface area contributed by atoms with Crippen molar-refractivity contribution in [1.82, 2.24) is 19.5 Å². The smallest absolute Gasteiger partial charge is 0.222 e. The summed E-state index contributed by atoms with van der Waals surface area (Å²) in [4.78, 5) is 12.5. The van der Waals surface area contributed by atoms with Crippen molar-refractivity contribution in [2.45, 2.75) is 32.3 Å². The number of imidazole rings is 1. The van der Waals surface area contributed by atoms with Crippen LogP contribution in [0.5, 0.6) is 0 Å². The van der Waals surface area contributed by atoms with E-state index < -0.39 is 18.4 Å². The van der Waals surface area contributed by atoms with E-state index in [1.54, 1.807) is 10.9 Å². The second-order valence-electron chi connectivity index (χ2n) is 5.09. The largest absolute Gasteiger partial charge is 0.394 e. The number of nitrogens with two attached hydrogens (primary N) is 1. The predicted octanol–water partition coefficient (Wildman–Crippen LogP) is -0.396. The number of rotatable bonds is 2. The van der Waals surface area contributed by atoms with Crippen LogP contribution in [0.25, 0.3) is 11.2 Å². The fraction of sp³-hybridized carbons (Fsp3) is 0.583. The summed E-state index contributed by atoms with van der Waals surface area (Å²) in [5.74, 6) is -0.0253. The van der Waals surface area contributed by atoms with Gasteiger partial charge in [-0.15, -0.1) is 0 Å². The first-order valence-electron chi connectivity index (χ1n) is 6.44. The SMILES string of the molecule is Cc1nc(N)nc2c1ncn2[C@@H]1O[C@H](CO)[C@@H](O)C1C. The monoisotopic (exact) mass is 279 g/mol. The van der Waals surface area contributed by atoms with Gasteiger partial charge in [-0.25, -0.2) is 9.97 Å². The highest BCUT2D eigenvalue weighted by molar-refractivity contribution is 5.74. The van der Waals surface area contributed by atoms with E-state index in [1.165, 1.54) is 0 Å². The molecule has 108 valence electrons. The molecule has 0 saturated carbocycles. The first kappa shape index (κ1) is 13.2. The third-order valence-corrected chi connectivity index (χ3v) is 3.75. The molecular formula is C12H17N5O3. The summed E-state index contributed by atoms with van der Waals surface area (Å²) in [5.41, 5.74) is 7.58. The Kier molecular flexibility index (Phi) is 3.08. The van der Waals surface area contributed by atoms with Gasteiger partial charge in [0.05, 0.1) is 24.7 Å². The van der Waals surface area contributed by atoms with Crippen molar-refractivity contribution in [3.8, 4) is 0 Å². The Morgan fingerprint density at radius 1 is 1.45 bits per heavy atom. The fourth-order valence-electron chi connectivity index (χ4n) is 2.63. The van der Waals surface area contributed by atoms with Crippen LogP contribution in [0.2, 0.25) is 0 Å². The van der Waals surface area contributed by atoms with E-state index in [2.05, 4.69) is 15.0 Å². The minimum atomic E-state index is -0.734. The number of ether oxygens (including phenoxy) is 1. The molecule has 20 heavy (non-hydrogen) atoms. The lowest BCUT2D eigenvalue weighted by atomic mass is 10.0. The number of nitrogens with zero attached hydrogens (tertiary/aromatic N) is 4. The molecule has 1 unspecified atom stereocenters.